The minimum absolute atomic E-state index is 0.0297. The highest BCUT2D eigenvalue weighted by Gasteiger charge is 2.57. The molecule has 2 nitrogen and oxygen atoms in total. The lowest BCUT2D eigenvalue weighted by Crippen LogP contribution is -2.26. The Bertz CT molecular complexity index is 458. The molecule has 1 aromatic rings. The maximum absolute atomic E-state index is 12.0. The van der Waals surface area contributed by atoms with Gasteiger partial charge in [-0.2, -0.15) is 0 Å². The molecule has 0 radical (unpaired) electrons. The zero-order valence-electron chi connectivity index (χ0n) is 11.3. The molecule has 1 saturated carbocycles. The molecule has 0 heterocycles. The number of ether oxygens (including phenoxy) is 1. The second-order valence-corrected chi connectivity index (χ2v) is 6.65. The predicted octanol–water partition coefficient (Wildman–Crippen LogP) is 3.96. The standard InChI is InChI=1S/C15H19ClO2/c1-14(2,3)18-13(17)12-9-15(12,4)10-5-7-11(16)8-6-10/h5-8,12H,9H2,1-4H3/t12-,15+/m1/s1. The van der Waals surface area contributed by atoms with Gasteiger partial charge in [-0.3, -0.25) is 4.79 Å². The Morgan fingerprint density at radius 1 is 1.33 bits per heavy atom. The zero-order chi connectivity index (χ0) is 13.6. The van der Waals surface area contributed by atoms with Crippen molar-refractivity contribution < 1.29 is 9.53 Å². The molecule has 1 aliphatic carbocycles. The minimum atomic E-state index is -0.416. The summed E-state index contributed by atoms with van der Waals surface area (Å²) in [6, 6.07) is 7.72. The Morgan fingerprint density at radius 3 is 2.39 bits per heavy atom. The fraction of sp³-hybridized carbons (Fsp3) is 0.533. The Labute approximate surface area is 113 Å². The molecule has 1 aromatic carbocycles. The molecule has 1 aliphatic rings. The first kappa shape index (κ1) is 13.4. The van der Waals surface area contributed by atoms with Gasteiger partial charge in [0.15, 0.2) is 0 Å². The van der Waals surface area contributed by atoms with Crippen LogP contribution in [-0.2, 0) is 14.9 Å². The van der Waals surface area contributed by atoms with Gasteiger partial charge in [0.1, 0.15) is 5.60 Å². The lowest BCUT2D eigenvalue weighted by atomic mass is 9.95. The van der Waals surface area contributed by atoms with Crippen LogP contribution in [0.4, 0.5) is 0 Å². The summed E-state index contributed by atoms with van der Waals surface area (Å²) in [6.45, 7) is 7.79. The largest absolute Gasteiger partial charge is 0.460 e. The molecule has 0 aromatic heterocycles. The monoisotopic (exact) mass is 266 g/mol. The number of hydrogen-bond donors (Lipinski definition) is 0. The second kappa shape index (κ2) is 4.27. The van der Waals surface area contributed by atoms with Crippen LogP contribution in [0.25, 0.3) is 0 Å². The Morgan fingerprint density at radius 2 is 1.89 bits per heavy atom. The third kappa shape index (κ3) is 2.69. The molecule has 0 amide bonds. The number of halogens is 1. The average molecular weight is 267 g/mol. The van der Waals surface area contributed by atoms with E-state index in [0.29, 0.717) is 0 Å². The summed E-state index contributed by atoms with van der Waals surface area (Å²) in [5.41, 5.74) is 0.649. The first-order valence-electron chi connectivity index (χ1n) is 6.21. The van der Waals surface area contributed by atoms with Gasteiger partial charge in [0.2, 0.25) is 0 Å². The van der Waals surface area contributed by atoms with Gasteiger partial charge in [-0.25, -0.2) is 0 Å². The molecular weight excluding hydrogens is 248 g/mol. The number of esters is 1. The van der Waals surface area contributed by atoms with E-state index in [1.54, 1.807) is 0 Å². The molecule has 1 fully saturated rings. The van der Waals surface area contributed by atoms with Crippen LogP contribution in [0.3, 0.4) is 0 Å². The van der Waals surface area contributed by atoms with Crippen molar-refractivity contribution >= 4 is 17.6 Å². The summed E-state index contributed by atoms with van der Waals surface area (Å²) in [4.78, 5) is 12.0. The van der Waals surface area contributed by atoms with Crippen LogP contribution in [0.2, 0.25) is 5.02 Å². The molecule has 0 N–H and O–H groups in total. The summed E-state index contributed by atoms with van der Waals surface area (Å²) in [5.74, 6) is -0.127. The smallest absolute Gasteiger partial charge is 0.310 e. The van der Waals surface area contributed by atoms with Crippen molar-refractivity contribution in [1.29, 1.82) is 0 Å². The van der Waals surface area contributed by atoms with Gasteiger partial charge in [0.05, 0.1) is 5.92 Å². The van der Waals surface area contributed by atoms with Crippen molar-refractivity contribution in [2.24, 2.45) is 5.92 Å². The van der Waals surface area contributed by atoms with E-state index < -0.39 is 5.60 Å². The number of rotatable bonds is 2. The minimum Gasteiger partial charge on any atom is -0.460 e. The summed E-state index contributed by atoms with van der Waals surface area (Å²) >= 11 is 5.88. The molecular formula is C15H19ClO2. The van der Waals surface area contributed by atoms with E-state index in [1.165, 1.54) is 0 Å². The highest BCUT2D eigenvalue weighted by molar-refractivity contribution is 6.30. The molecule has 18 heavy (non-hydrogen) atoms. The van der Waals surface area contributed by atoms with E-state index in [9.17, 15) is 4.79 Å². The number of benzene rings is 1. The van der Waals surface area contributed by atoms with Gasteiger partial charge in [-0.1, -0.05) is 30.7 Å². The van der Waals surface area contributed by atoms with Crippen LogP contribution in [0.1, 0.15) is 39.7 Å². The number of hydrogen-bond acceptors (Lipinski definition) is 2. The maximum atomic E-state index is 12.0. The van der Waals surface area contributed by atoms with E-state index in [2.05, 4.69) is 6.92 Å². The maximum Gasteiger partial charge on any atom is 0.310 e. The van der Waals surface area contributed by atoms with E-state index >= 15 is 0 Å². The number of carbonyl (C=O) groups excluding carboxylic acids is 1. The highest BCUT2D eigenvalue weighted by atomic mass is 35.5. The van der Waals surface area contributed by atoms with Crippen molar-refractivity contribution in [3.63, 3.8) is 0 Å². The first-order chi connectivity index (χ1) is 8.22. The topological polar surface area (TPSA) is 26.3 Å². The van der Waals surface area contributed by atoms with Crippen molar-refractivity contribution in [3.8, 4) is 0 Å². The van der Waals surface area contributed by atoms with Crippen LogP contribution in [0.15, 0.2) is 24.3 Å². The highest BCUT2D eigenvalue weighted by Crippen LogP contribution is 2.54. The van der Waals surface area contributed by atoms with Crippen LogP contribution in [0, 0.1) is 5.92 Å². The lowest BCUT2D eigenvalue weighted by molar-refractivity contribution is -0.157. The Balaban J connectivity index is 2.09. The number of carbonyl (C=O) groups is 1. The van der Waals surface area contributed by atoms with Gasteiger partial charge < -0.3 is 4.74 Å². The Kier molecular flexibility index (Phi) is 3.18. The van der Waals surface area contributed by atoms with Crippen LogP contribution >= 0.6 is 11.6 Å². The van der Waals surface area contributed by atoms with Gasteiger partial charge in [0.25, 0.3) is 0 Å². The molecule has 0 aliphatic heterocycles. The molecule has 0 unspecified atom stereocenters. The first-order valence-corrected chi connectivity index (χ1v) is 6.59. The van der Waals surface area contributed by atoms with Crippen LogP contribution in [-0.4, -0.2) is 11.6 Å². The molecule has 2 atom stereocenters. The molecule has 98 valence electrons. The van der Waals surface area contributed by atoms with Crippen LogP contribution < -0.4 is 0 Å². The summed E-state index contributed by atoms with van der Waals surface area (Å²) in [5, 5.41) is 0.719. The second-order valence-electron chi connectivity index (χ2n) is 6.21. The lowest BCUT2D eigenvalue weighted by Gasteiger charge is -2.20. The average Bonchev–Trinajstić information content (AvgIpc) is 2.90. The molecule has 0 bridgehead atoms. The van der Waals surface area contributed by atoms with Gasteiger partial charge >= 0.3 is 5.97 Å². The summed E-state index contributed by atoms with van der Waals surface area (Å²) < 4.78 is 5.44. The molecule has 2 rings (SSSR count). The van der Waals surface area contributed by atoms with Crippen molar-refractivity contribution in [1.82, 2.24) is 0 Å². The summed E-state index contributed by atoms with van der Waals surface area (Å²) in [6.07, 6.45) is 0.851. The quantitative estimate of drug-likeness (QED) is 0.758. The van der Waals surface area contributed by atoms with E-state index in [-0.39, 0.29) is 17.3 Å². The van der Waals surface area contributed by atoms with Gasteiger partial charge in [-0.15, -0.1) is 0 Å². The van der Waals surface area contributed by atoms with E-state index in [4.69, 9.17) is 16.3 Å². The molecule has 3 heteroatoms. The third-order valence-corrected chi connectivity index (χ3v) is 3.68. The van der Waals surface area contributed by atoms with Gasteiger partial charge in [0, 0.05) is 10.4 Å². The SMILES string of the molecule is CC(C)(C)OC(=O)[C@H]1C[C@@]1(C)c1ccc(Cl)cc1. The van der Waals surface area contributed by atoms with Crippen LogP contribution in [0.5, 0.6) is 0 Å². The van der Waals surface area contributed by atoms with E-state index in [0.717, 1.165) is 17.0 Å². The fourth-order valence-corrected chi connectivity index (χ4v) is 2.36. The predicted molar refractivity (Wildman–Crippen MR) is 72.8 cm³/mol. The molecule has 0 spiro atoms. The third-order valence-electron chi connectivity index (χ3n) is 3.43. The van der Waals surface area contributed by atoms with Crippen molar-refractivity contribution in [2.45, 2.75) is 45.1 Å². The molecule has 0 saturated heterocycles. The Hall–Kier alpha value is -1.02. The normalized spacial score (nSPS) is 26.8. The van der Waals surface area contributed by atoms with Crippen molar-refractivity contribution in [3.05, 3.63) is 34.9 Å². The zero-order valence-corrected chi connectivity index (χ0v) is 12.0. The summed E-state index contributed by atoms with van der Waals surface area (Å²) in [7, 11) is 0. The fourth-order valence-electron chi connectivity index (χ4n) is 2.23. The van der Waals surface area contributed by atoms with Gasteiger partial charge in [-0.05, 0) is 44.9 Å². The van der Waals surface area contributed by atoms with E-state index in [1.807, 2.05) is 45.0 Å². The van der Waals surface area contributed by atoms with Crippen molar-refractivity contribution in [2.75, 3.05) is 0 Å².